The maximum Gasteiger partial charge on any atom is 0.338 e. The van der Waals surface area contributed by atoms with Crippen LogP contribution in [0.5, 0.6) is 0 Å². The van der Waals surface area contributed by atoms with Crippen LogP contribution in [0.25, 0.3) is 0 Å². The standard InChI is InChI=1S/C33H34O14/c34-16-21-23(35)24(36)25(37)33(44-21)47-26-22(17-42-29(38)18-10-4-1-5-11-18)43-32(41)28(46-31(40)20-14-8-3-9-15-20)27(26)45-30(39)19-12-6-2-7-13-19/h1-15,21-28,32-37,41H,16-17H2. The van der Waals surface area contributed by atoms with Crippen LogP contribution in [0, 0.1) is 0 Å². The molecule has 5 N–H and O–H groups in total. The molecule has 0 spiro atoms. The number of carbonyl (C=O) groups is 3. The SMILES string of the molecule is O=C(OCC1OC(O)C(OC(=O)c2ccccc2)C(OC(=O)c2ccccc2)C1OC1OC(CO)C(O)C(O)C1O)c1ccccc1. The minimum Gasteiger partial charge on any atom is -0.459 e. The Balaban J connectivity index is 1.49. The minimum absolute atomic E-state index is 0.0836. The molecular formula is C33H34O14. The van der Waals surface area contributed by atoms with Crippen LogP contribution in [-0.2, 0) is 28.4 Å². The molecule has 2 aliphatic rings. The Morgan fingerprint density at radius 1 is 0.574 bits per heavy atom. The molecule has 0 radical (unpaired) electrons. The normalized spacial score (nSPS) is 30.6. The first-order valence-corrected chi connectivity index (χ1v) is 14.7. The van der Waals surface area contributed by atoms with Gasteiger partial charge in [0, 0.05) is 0 Å². The Morgan fingerprint density at radius 2 is 1.06 bits per heavy atom. The summed E-state index contributed by atoms with van der Waals surface area (Å²) in [5.41, 5.74) is 0.371. The molecule has 0 bridgehead atoms. The summed E-state index contributed by atoms with van der Waals surface area (Å²) < 4.78 is 34.1. The third-order valence-electron chi connectivity index (χ3n) is 7.64. The number of aliphatic hydroxyl groups excluding tert-OH is 5. The molecule has 14 nitrogen and oxygen atoms in total. The Bertz CT molecular complexity index is 1470. The predicted octanol–water partition coefficient (Wildman–Crippen LogP) is 0.197. The number of rotatable bonds is 10. The van der Waals surface area contributed by atoms with Gasteiger partial charge >= 0.3 is 17.9 Å². The Labute approximate surface area is 268 Å². The summed E-state index contributed by atoms with van der Waals surface area (Å²) in [5, 5.41) is 52.3. The van der Waals surface area contributed by atoms with E-state index in [1.54, 1.807) is 54.6 Å². The van der Waals surface area contributed by atoms with Crippen molar-refractivity contribution >= 4 is 17.9 Å². The van der Waals surface area contributed by atoms with E-state index in [0.29, 0.717) is 0 Å². The van der Waals surface area contributed by atoms with Crippen LogP contribution in [-0.4, -0.2) is 118 Å². The lowest BCUT2D eigenvalue weighted by atomic mass is 9.96. The van der Waals surface area contributed by atoms with Gasteiger partial charge < -0.3 is 54.0 Å². The van der Waals surface area contributed by atoms with Gasteiger partial charge in [-0.05, 0) is 36.4 Å². The topological polar surface area (TPSA) is 208 Å². The zero-order valence-corrected chi connectivity index (χ0v) is 24.8. The fraction of sp³-hybridized carbons (Fsp3) is 0.364. The number of hydrogen-bond acceptors (Lipinski definition) is 14. The van der Waals surface area contributed by atoms with Crippen molar-refractivity contribution in [2.24, 2.45) is 0 Å². The molecule has 0 aromatic heterocycles. The van der Waals surface area contributed by atoms with Gasteiger partial charge in [-0.2, -0.15) is 0 Å². The summed E-state index contributed by atoms with van der Waals surface area (Å²) in [4.78, 5) is 39.3. The monoisotopic (exact) mass is 654 g/mol. The minimum atomic E-state index is -1.95. The molecular weight excluding hydrogens is 620 g/mol. The third kappa shape index (κ3) is 8.01. The molecule has 3 aromatic carbocycles. The zero-order valence-electron chi connectivity index (χ0n) is 24.8. The summed E-state index contributed by atoms with van der Waals surface area (Å²) in [6, 6.07) is 23.4. The maximum atomic E-state index is 13.4. The van der Waals surface area contributed by atoms with Gasteiger partial charge in [0.2, 0.25) is 0 Å². The molecule has 0 amide bonds. The molecule has 2 heterocycles. The number of aliphatic hydroxyl groups is 5. The second kappa shape index (κ2) is 15.6. The van der Waals surface area contributed by atoms with Crippen molar-refractivity contribution in [1.29, 1.82) is 0 Å². The van der Waals surface area contributed by atoms with Gasteiger partial charge in [0.1, 0.15) is 43.2 Å². The molecule has 250 valence electrons. The molecule has 47 heavy (non-hydrogen) atoms. The summed E-state index contributed by atoms with van der Waals surface area (Å²) >= 11 is 0. The van der Waals surface area contributed by atoms with E-state index in [-0.39, 0.29) is 16.7 Å². The van der Waals surface area contributed by atoms with Gasteiger partial charge in [-0.15, -0.1) is 0 Å². The fourth-order valence-corrected chi connectivity index (χ4v) is 5.14. The van der Waals surface area contributed by atoms with E-state index < -0.39 is 92.5 Å². The molecule has 0 saturated carbocycles. The Kier molecular flexibility index (Phi) is 11.3. The van der Waals surface area contributed by atoms with Crippen molar-refractivity contribution in [2.75, 3.05) is 13.2 Å². The third-order valence-corrected chi connectivity index (χ3v) is 7.64. The van der Waals surface area contributed by atoms with Crippen molar-refractivity contribution in [1.82, 2.24) is 0 Å². The predicted molar refractivity (Wildman–Crippen MR) is 158 cm³/mol. The highest BCUT2D eigenvalue weighted by molar-refractivity contribution is 5.90. The fourth-order valence-electron chi connectivity index (χ4n) is 5.14. The molecule has 2 saturated heterocycles. The van der Waals surface area contributed by atoms with Crippen LogP contribution in [0.3, 0.4) is 0 Å². The second-order valence-corrected chi connectivity index (χ2v) is 10.8. The van der Waals surface area contributed by atoms with E-state index >= 15 is 0 Å². The lowest BCUT2D eigenvalue weighted by molar-refractivity contribution is -0.353. The van der Waals surface area contributed by atoms with Crippen molar-refractivity contribution in [3.63, 3.8) is 0 Å². The molecule has 0 aliphatic carbocycles. The Morgan fingerprint density at radius 3 is 1.57 bits per heavy atom. The molecule has 2 fully saturated rings. The zero-order chi connectivity index (χ0) is 33.5. The summed E-state index contributed by atoms with van der Waals surface area (Å²) in [6.45, 7) is -1.38. The largest absolute Gasteiger partial charge is 0.459 e. The molecule has 2 aliphatic heterocycles. The average Bonchev–Trinajstić information content (AvgIpc) is 3.10. The van der Waals surface area contributed by atoms with Crippen LogP contribution in [0.1, 0.15) is 31.1 Å². The quantitative estimate of drug-likeness (QED) is 0.146. The summed E-state index contributed by atoms with van der Waals surface area (Å²) in [7, 11) is 0. The first kappa shape index (κ1) is 34.1. The molecule has 3 aromatic rings. The van der Waals surface area contributed by atoms with Crippen LogP contribution in [0.15, 0.2) is 91.0 Å². The second-order valence-electron chi connectivity index (χ2n) is 10.8. The first-order chi connectivity index (χ1) is 22.7. The highest BCUT2D eigenvalue weighted by Gasteiger charge is 2.54. The molecule has 14 heteroatoms. The van der Waals surface area contributed by atoms with Crippen LogP contribution in [0.2, 0.25) is 0 Å². The van der Waals surface area contributed by atoms with Gasteiger partial charge in [0.25, 0.3) is 0 Å². The van der Waals surface area contributed by atoms with Crippen molar-refractivity contribution in [3.8, 4) is 0 Å². The van der Waals surface area contributed by atoms with E-state index in [1.807, 2.05) is 0 Å². The Hall–Kier alpha value is -4.25. The van der Waals surface area contributed by atoms with E-state index in [2.05, 4.69) is 0 Å². The summed E-state index contributed by atoms with van der Waals surface area (Å²) in [6.07, 6.45) is -17.1. The number of esters is 3. The highest BCUT2D eigenvalue weighted by Crippen LogP contribution is 2.33. The first-order valence-electron chi connectivity index (χ1n) is 14.7. The smallest absolute Gasteiger partial charge is 0.338 e. The van der Waals surface area contributed by atoms with Crippen molar-refractivity contribution < 1.29 is 68.3 Å². The number of benzene rings is 3. The van der Waals surface area contributed by atoms with Crippen LogP contribution >= 0.6 is 0 Å². The van der Waals surface area contributed by atoms with Crippen molar-refractivity contribution in [2.45, 2.75) is 61.4 Å². The van der Waals surface area contributed by atoms with Gasteiger partial charge in [0.15, 0.2) is 24.8 Å². The van der Waals surface area contributed by atoms with Gasteiger partial charge in [-0.1, -0.05) is 54.6 Å². The molecule has 10 atom stereocenters. The van der Waals surface area contributed by atoms with Crippen LogP contribution in [0.4, 0.5) is 0 Å². The molecule has 5 rings (SSSR count). The van der Waals surface area contributed by atoms with Crippen LogP contribution < -0.4 is 0 Å². The maximum absolute atomic E-state index is 13.4. The average molecular weight is 655 g/mol. The van der Waals surface area contributed by atoms with Gasteiger partial charge in [-0.3, -0.25) is 0 Å². The van der Waals surface area contributed by atoms with E-state index in [9.17, 15) is 39.9 Å². The summed E-state index contributed by atoms with van der Waals surface area (Å²) in [5.74, 6) is -2.61. The number of ether oxygens (including phenoxy) is 6. The number of carbonyl (C=O) groups excluding carboxylic acids is 3. The van der Waals surface area contributed by atoms with E-state index in [0.717, 1.165) is 0 Å². The lowest BCUT2D eigenvalue weighted by Gasteiger charge is -2.46. The van der Waals surface area contributed by atoms with Gasteiger partial charge in [-0.25, -0.2) is 14.4 Å². The number of hydrogen-bond donors (Lipinski definition) is 5. The van der Waals surface area contributed by atoms with E-state index in [1.165, 1.54) is 36.4 Å². The van der Waals surface area contributed by atoms with E-state index in [4.69, 9.17) is 28.4 Å². The lowest BCUT2D eigenvalue weighted by Crippen LogP contribution is -2.65. The highest BCUT2D eigenvalue weighted by atomic mass is 16.7. The van der Waals surface area contributed by atoms with Gasteiger partial charge in [0.05, 0.1) is 23.3 Å². The van der Waals surface area contributed by atoms with Crippen molar-refractivity contribution in [3.05, 3.63) is 108 Å². The molecule has 10 unspecified atom stereocenters.